The molecule has 3 heterocycles. The molecule has 0 atom stereocenters. The molecule has 9 heteroatoms. The van der Waals surface area contributed by atoms with Crippen LogP contribution in [0.15, 0.2) is 51.7 Å². The lowest BCUT2D eigenvalue weighted by molar-refractivity contribution is -0.127. The van der Waals surface area contributed by atoms with Crippen LogP contribution in [0.2, 0.25) is 0 Å². The Hall–Kier alpha value is -2.20. The monoisotopic (exact) mass is 472 g/mol. The first-order valence-corrected chi connectivity index (χ1v) is 12.7. The Morgan fingerprint density at radius 3 is 2.75 bits per heavy atom. The predicted molar refractivity (Wildman–Crippen MR) is 129 cm³/mol. The summed E-state index contributed by atoms with van der Waals surface area (Å²) in [6.07, 6.45) is 0.855. The molecule has 2 aromatic heterocycles. The van der Waals surface area contributed by atoms with Gasteiger partial charge in [0, 0.05) is 39.8 Å². The Kier molecular flexibility index (Phi) is 7.96. The van der Waals surface area contributed by atoms with Gasteiger partial charge in [-0.05, 0) is 23.4 Å². The number of rotatable bonds is 9. The van der Waals surface area contributed by atoms with E-state index in [9.17, 15) is 9.59 Å². The van der Waals surface area contributed by atoms with Crippen LogP contribution in [0.5, 0.6) is 0 Å². The Balaban J connectivity index is 1.42. The van der Waals surface area contributed by atoms with E-state index in [0.717, 1.165) is 44.8 Å². The minimum Gasteiger partial charge on any atom is -0.379 e. The zero-order valence-electron chi connectivity index (χ0n) is 18.2. The molecule has 1 aromatic carbocycles. The second kappa shape index (κ2) is 11.1. The maximum Gasteiger partial charge on any atom is 0.272 e. The van der Waals surface area contributed by atoms with E-state index in [0.29, 0.717) is 28.5 Å². The van der Waals surface area contributed by atoms with E-state index < -0.39 is 0 Å². The van der Waals surface area contributed by atoms with Crippen molar-refractivity contribution in [1.82, 2.24) is 19.4 Å². The van der Waals surface area contributed by atoms with E-state index in [1.54, 1.807) is 16.5 Å². The van der Waals surface area contributed by atoms with Crippen LogP contribution in [-0.2, 0) is 22.6 Å². The summed E-state index contributed by atoms with van der Waals surface area (Å²) in [6.45, 7) is 5.46. The molecular formula is C23H28N4O3S2. The Morgan fingerprint density at radius 2 is 1.97 bits per heavy atom. The lowest BCUT2D eigenvalue weighted by atomic mass is 10.2. The van der Waals surface area contributed by atoms with Crippen LogP contribution in [0.4, 0.5) is 0 Å². The van der Waals surface area contributed by atoms with Crippen LogP contribution in [0, 0.1) is 0 Å². The lowest BCUT2D eigenvalue weighted by Gasteiger charge is -2.26. The Labute approximate surface area is 196 Å². The first-order chi connectivity index (χ1) is 15.6. The molecule has 3 aromatic rings. The van der Waals surface area contributed by atoms with Crippen molar-refractivity contribution in [3.05, 3.63) is 57.7 Å². The molecule has 1 saturated heterocycles. The third-order valence-electron chi connectivity index (χ3n) is 5.50. The van der Waals surface area contributed by atoms with Gasteiger partial charge in [-0.3, -0.25) is 19.1 Å². The lowest BCUT2D eigenvalue weighted by Crippen LogP contribution is -2.37. The van der Waals surface area contributed by atoms with Gasteiger partial charge in [-0.25, -0.2) is 4.98 Å². The molecule has 1 aliphatic heterocycles. The van der Waals surface area contributed by atoms with Gasteiger partial charge in [-0.1, -0.05) is 42.1 Å². The highest BCUT2D eigenvalue weighted by atomic mass is 32.2. The maximum absolute atomic E-state index is 13.1. The number of nitrogens with zero attached hydrogens (tertiary/aromatic N) is 4. The minimum atomic E-state index is -0.0143. The van der Waals surface area contributed by atoms with Crippen molar-refractivity contribution in [1.29, 1.82) is 0 Å². The van der Waals surface area contributed by atoms with E-state index in [1.807, 2.05) is 41.8 Å². The average molecular weight is 473 g/mol. The highest BCUT2D eigenvalue weighted by molar-refractivity contribution is 7.99. The number of fused-ring (bicyclic) bond motifs is 1. The summed E-state index contributed by atoms with van der Waals surface area (Å²) in [5.41, 5.74) is 1.78. The standard InChI is InChI=1S/C23H28N4O3S2/c1-25(16-18-6-3-2-4-7-18)20(28)17-32-23-24-19-8-15-31-21(19)22(29)27(23)10-5-9-26-11-13-30-14-12-26/h2-4,6-8,15H,5,9-14,16-17H2,1H3. The molecule has 0 saturated carbocycles. The second-order valence-corrected chi connectivity index (χ2v) is 9.68. The smallest absolute Gasteiger partial charge is 0.272 e. The van der Waals surface area contributed by atoms with Crippen molar-refractivity contribution >= 4 is 39.2 Å². The molecule has 0 spiro atoms. The molecule has 0 unspecified atom stereocenters. The highest BCUT2D eigenvalue weighted by Crippen LogP contribution is 2.22. The molecule has 0 bridgehead atoms. The van der Waals surface area contributed by atoms with Crippen molar-refractivity contribution in [2.24, 2.45) is 0 Å². The van der Waals surface area contributed by atoms with Crippen molar-refractivity contribution in [3.8, 4) is 0 Å². The zero-order chi connectivity index (χ0) is 22.3. The van der Waals surface area contributed by atoms with Crippen LogP contribution in [0.25, 0.3) is 10.2 Å². The summed E-state index contributed by atoms with van der Waals surface area (Å²) in [6, 6.07) is 11.8. The van der Waals surface area contributed by atoms with Gasteiger partial charge in [0.15, 0.2) is 5.16 Å². The number of amides is 1. The molecule has 1 fully saturated rings. The van der Waals surface area contributed by atoms with Gasteiger partial charge in [-0.15, -0.1) is 11.3 Å². The Morgan fingerprint density at radius 1 is 1.19 bits per heavy atom. The van der Waals surface area contributed by atoms with E-state index in [4.69, 9.17) is 9.72 Å². The normalized spacial score (nSPS) is 14.7. The van der Waals surface area contributed by atoms with Crippen LogP contribution in [0.1, 0.15) is 12.0 Å². The number of hydrogen-bond acceptors (Lipinski definition) is 7. The topological polar surface area (TPSA) is 67.7 Å². The number of benzene rings is 1. The first-order valence-electron chi connectivity index (χ1n) is 10.8. The quantitative estimate of drug-likeness (QED) is 0.352. The zero-order valence-corrected chi connectivity index (χ0v) is 19.9. The number of morpholine rings is 1. The van der Waals surface area contributed by atoms with Crippen molar-refractivity contribution < 1.29 is 9.53 Å². The van der Waals surface area contributed by atoms with E-state index in [1.165, 1.54) is 23.1 Å². The third-order valence-corrected chi connectivity index (χ3v) is 7.36. The van der Waals surface area contributed by atoms with Gasteiger partial charge in [0.25, 0.3) is 5.56 Å². The molecule has 1 aliphatic rings. The fraction of sp³-hybridized carbons (Fsp3) is 0.435. The number of thioether (sulfide) groups is 1. The number of carbonyl (C=O) groups is 1. The van der Waals surface area contributed by atoms with Gasteiger partial charge in [0.05, 0.1) is 24.5 Å². The van der Waals surface area contributed by atoms with E-state index in [2.05, 4.69) is 4.90 Å². The van der Waals surface area contributed by atoms with Gasteiger partial charge >= 0.3 is 0 Å². The molecule has 32 heavy (non-hydrogen) atoms. The summed E-state index contributed by atoms with van der Waals surface area (Å²) >= 11 is 2.77. The third kappa shape index (κ3) is 5.78. The molecular weight excluding hydrogens is 444 g/mol. The summed E-state index contributed by atoms with van der Waals surface area (Å²) in [4.78, 5) is 34.6. The summed E-state index contributed by atoms with van der Waals surface area (Å²) < 4.78 is 7.83. The highest BCUT2D eigenvalue weighted by Gasteiger charge is 2.17. The van der Waals surface area contributed by atoms with Crippen LogP contribution in [-0.4, -0.2) is 70.9 Å². The largest absolute Gasteiger partial charge is 0.379 e. The van der Waals surface area contributed by atoms with E-state index in [-0.39, 0.29) is 17.2 Å². The summed E-state index contributed by atoms with van der Waals surface area (Å²) in [7, 11) is 1.81. The number of carbonyl (C=O) groups excluding carboxylic acids is 1. The molecule has 0 radical (unpaired) electrons. The summed E-state index contributed by atoms with van der Waals surface area (Å²) in [5, 5.41) is 2.51. The number of aromatic nitrogens is 2. The number of thiophene rings is 1. The minimum absolute atomic E-state index is 0.0124. The molecule has 7 nitrogen and oxygen atoms in total. The molecule has 0 aliphatic carbocycles. The van der Waals surface area contributed by atoms with Gasteiger partial charge in [0.1, 0.15) is 4.70 Å². The van der Waals surface area contributed by atoms with Crippen LogP contribution in [0.3, 0.4) is 0 Å². The SMILES string of the molecule is CN(Cc1ccccc1)C(=O)CSc1nc2ccsc2c(=O)n1CCCN1CCOCC1. The fourth-order valence-corrected chi connectivity index (χ4v) is 5.43. The fourth-order valence-electron chi connectivity index (χ4n) is 3.69. The number of hydrogen-bond donors (Lipinski definition) is 0. The molecule has 0 N–H and O–H groups in total. The molecule has 1 amide bonds. The number of ether oxygens (including phenoxy) is 1. The van der Waals surface area contributed by atoms with Crippen molar-refractivity contribution in [3.63, 3.8) is 0 Å². The maximum atomic E-state index is 13.1. The average Bonchev–Trinajstić information content (AvgIpc) is 3.29. The van der Waals surface area contributed by atoms with Crippen LogP contribution < -0.4 is 5.56 Å². The van der Waals surface area contributed by atoms with Gasteiger partial charge in [-0.2, -0.15) is 0 Å². The molecule has 4 rings (SSSR count). The Bertz CT molecular complexity index is 1090. The van der Waals surface area contributed by atoms with E-state index >= 15 is 0 Å². The first kappa shape index (κ1) is 23.0. The van der Waals surface area contributed by atoms with Crippen LogP contribution >= 0.6 is 23.1 Å². The second-order valence-electron chi connectivity index (χ2n) is 7.82. The van der Waals surface area contributed by atoms with Gasteiger partial charge in [0.2, 0.25) is 5.91 Å². The molecule has 170 valence electrons. The van der Waals surface area contributed by atoms with Crippen molar-refractivity contribution in [2.75, 3.05) is 45.6 Å². The van der Waals surface area contributed by atoms with Crippen molar-refractivity contribution in [2.45, 2.75) is 24.7 Å². The predicted octanol–water partition coefficient (Wildman–Crippen LogP) is 2.93. The summed E-state index contributed by atoms with van der Waals surface area (Å²) in [5.74, 6) is 0.257. The van der Waals surface area contributed by atoms with Gasteiger partial charge < -0.3 is 9.64 Å².